The molecular formula is C12H9NO2. The van der Waals surface area contributed by atoms with E-state index in [9.17, 15) is 4.79 Å². The number of allylic oxidation sites excluding steroid dienone is 6. The van der Waals surface area contributed by atoms with Crippen molar-refractivity contribution in [3.8, 4) is 17.9 Å². The van der Waals surface area contributed by atoms with Gasteiger partial charge in [-0.25, -0.2) is 0 Å². The van der Waals surface area contributed by atoms with Crippen LogP contribution >= 0.6 is 0 Å². The maximum atomic E-state index is 10.6. The Morgan fingerprint density at radius 1 is 1.60 bits per heavy atom. The van der Waals surface area contributed by atoms with Crippen molar-refractivity contribution in [2.75, 3.05) is 6.61 Å². The molecule has 74 valence electrons. The zero-order valence-corrected chi connectivity index (χ0v) is 7.97. The predicted octanol–water partition coefficient (Wildman–Crippen LogP) is 0.743. The summed E-state index contributed by atoms with van der Waals surface area (Å²) in [4.78, 5) is 10.6. The lowest BCUT2D eigenvalue weighted by atomic mass is 10.1. The molecule has 0 amide bonds. The van der Waals surface area contributed by atoms with Crippen LogP contribution < -0.4 is 0 Å². The zero-order chi connectivity index (χ0) is 11.1. The largest absolute Gasteiger partial charge is 0.384 e. The minimum atomic E-state index is -0.236. The number of hydrogen-bond donors (Lipinski definition) is 1. The summed E-state index contributed by atoms with van der Waals surface area (Å²) in [6.07, 6.45) is 7.17. The van der Waals surface area contributed by atoms with Gasteiger partial charge in [0.25, 0.3) is 0 Å². The molecule has 0 heterocycles. The molecule has 1 aliphatic carbocycles. The summed E-state index contributed by atoms with van der Waals surface area (Å²) in [5.74, 6) is 5.03. The van der Waals surface area contributed by atoms with Crippen molar-refractivity contribution in [2.24, 2.45) is 5.92 Å². The van der Waals surface area contributed by atoms with Crippen molar-refractivity contribution < 1.29 is 9.90 Å². The SMILES string of the molecule is N#CC1=CC(C#CCO)C=CC(C=O)=C1. The molecule has 0 aromatic heterocycles. The average molecular weight is 199 g/mol. The monoisotopic (exact) mass is 199 g/mol. The second kappa shape index (κ2) is 5.59. The number of rotatable bonds is 1. The molecule has 15 heavy (non-hydrogen) atoms. The molecule has 1 unspecified atom stereocenters. The zero-order valence-electron chi connectivity index (χ0n) is 7.97. The van der Waals surface area contributed by atoms with Gasteiger partial charge in [0.05, 0.1) is 17.6 Å². The summed E-state index contributed by atoms with van der Waals surface area (Å²) in [7, 11) is 0. The lowest BCUT2D eigenvalue weighted by Gasteiger charge is -1.94. The van der Waals surface area contributed by atoms with Crippen molar-refractivity contribution in [3.63, 3.8) is 0 Å². The molecular weight excluding hydrogens is 190 g/mol. The number of carbonyl (C=O) groups excluding carboxylic acids is 1. The topological polar surface area (TPSA) is 61.1 Å². The van der Waals surface area contributed by atoms with Gasteiger partial charge in [-0.3, -0.25) is 4.79 Å². The molecule has 1 aliphatic rings. The number of nitrogens with zero attached hydrogens (tertiary/aromatic N) is 1. The van der Waals surface area contributed by atoms with Crippen LogP contribution in [0.1, 0.15) is 0 Å². The van der Waals surface area contributed by atoms with Crippen LogP contribution in [0.25, 0.3) is 0 Å². The Morgan fingerprint density at radius 2 is 2.40 bits per heavy atom. The lowest BCUT2D eigenvalue weighted by Crippen LogP contribution is -1.88. The van der Waals surface area contributed by atoms with E-state index in [0.717, 1.165) is 0 Å². The highest BCUT2D eigenvalue weighted by atomic mass is 16.2. The van der Waals surface area contributed by atoms with E-state index in [2.05, 4.69) is 11.8 Å². The fraction of sp³-hybridized carbons (Fsp3) is 0.167. The van der Waals surface area contributed by atoms with Crippen LogP contribution in [0.3, 0.4) is 0 Å². The summed E-state index contributed by atoms with van der Waals surface area (Å²) in [5.41, 5.74) is 0.843. The first-order valence-corrected chi connectivity index (χ1v) is 4.36. The molecule has 3 nitrogen and oxygen atoms in total. The minimum absolute atomic E-state index is 0.214. The Hall–Kier alpha value is -2.10. The molecule has 0 spiro atoms. The van der Waals surface area contributed by atoms with E-state index in [4.69, 9.17) is 10.4 Å². The van der Waals surface area contributed by atoms with E-state index in [-0.39, 0.29) is 12.5 Å². The van der Waals surface area contributed by atoms with Gasteiger partial charge in [-0.05, 0) is 12.2 Å². The number of hydrogen-bond acceptors (Lipinski definition) is 3. The van der Waals surface area contributed by atoms with Gasteiger partial charge in [0, 0.05) is 5.57 Å². The average Bonchev–Trinajstić information content (AvgIpc) is 2.48. The van der Waals surface area contributed by atoms with E-state index in [0.29, 0.717) is 17.4 Å². The van der Waals surface area contributed by atoms with E-state index in [1.807, 2.05) is 6.07 Å². The van der Waals surface area contributed by atoms with Gasteiger partial charge in [-0.1, -0.05) is 24.0 Å². The number of aliphatic hydroxyl groups is 1. The molecule has 0 aromatic carbocycles. The molecule has 0 fully saturated rings. The first kappa shape index (κ1) is 11.0. The van der Waals surface area contributed by atoms with Gasteiger partial charge >= 0.3 is 0 Å². The highest BCUT2D eigenvalue weighted by molar-refractivity contribution is 5.79. The van der Waals surface area contributed by atoms with Crippen LogP contribution in [-0.4, -0.2) is 18.0 Å². The molecule has 0 saturated heterocycles. The highest BCUT2D eigenvalue weighted by Gasteiger charge is 2.04. The molecule has 3 heteroatoms. The van der Waals surface area contributed by atoms with Crippen LogP contribution in [0.4, 0.5) is 0 Å². The molecule has 0 bridgehead atoms. The number of aliphatic hydroxyl groups excluding tert-OH is 1. The number of nitriles is 1. The fourth-order valence-electron chi connectivity index (χ4n) is 1.14. The highest BCUT2D eigenvalue weighted by Crippen LogP contribution is 2.13. The molecule has 0 saturated carbocycles. The summed E-state index contributed by atoms with van der Waals surface area (Å²) in [5, 5.41) is 17.3. The molecule has 0 aromatic rings. The van der Waals surface area contributed by atoms with E-state index < -0.39 is 0 Å². The van der Waals surface area contributed by atoms with E-state index in [1.54, 1.807) is 18.2 Å². The Morgan fingerprint density at radius 3 is 3.00 bits per heavy atom. The molecule has 1 rings (SSSR count). The van der Waals surface area contributed by atoms with Crippen LogP contribution in [-0.2, 0) is 4.79 Å². The van der Waals surface area contributed by atoms with Gasteiger partial charge in [0.2, 0.25) is 0 Å². The Balaban J connectivity index is 3.00. The second-order valence-corrected chi connectivity index (χ2v) is 2.86. The van der Waals surface area contributed by atoms with Crippen molar-refractivity contribution in [3.05, 3.63) is 35.5 Å². The van der Waals surface area contributed by atoms with Gasteiger partial charge in [-0.2, -0.15) is 5.26 Å². The van der Waals surface area contributed by atoms with Gasteiger partial charge in [0.15, 0.2) is 0 Å². The normalized spacial score (nSPS) is 18.8. The Labute approximate surface area is 88.0 Å². The molecule has 0 radical (unpaired) electrons. The van der Waals surface area contributed by atoms with Crippen molar-refractivity contribution in [1.29, 1.82) is 5.26 Å². The summed E-state index contributed by atoms with van der Waals surface area (Å²) >= 11 is 0. The van der Waals surface area contributed by atoms with Crippen molar-refractivity contribution >= 4 is 6.29 Å². The first-order valence-electron chi connectivity index (χ1n) is 4.36. The standard InChI is InChI=1S/C12H9NO2/c13-8-12-6-10(2-1-5-14)3-4-11(7-12)9-15/h3-4,6-7,9-10,14H,5H2. The van der Waals surface area contributed by atoms with Crippen molar-refractivity contribution in [2.45, 2.75) is 0 Å². The van der Waals surface area contributed by atoms with Crippen molar-refractivity contribution in [1.82, 2.24) is 0 Å². The second-order valence-electron chi connectivity index (χ2n) is 2.86. The van der Waals surface area contributed by atoms with Gasteiger partial charge in [-0.15, -0.1) is 0 Å². The van der Waals surface area contributed by atoms with Gasteiger partial charge < -0.3 is 5.11 Å². The summed E-state index contributed by atoms with van der Waals surface area (Å²) in [6, 6.07) is 1.97. The fourth-order valence-corrected chi connectivity index (χ4v) is 1.14. The first-order chi connectivity index (χ1) is 7.30. The lowest BCUT2D eigenvalue weighted by molar-refractivity contribution is -0.104. The van der Waals surface area contributed by atoms with E-state index >= 15 is 0 Å². The summed E-state index contributed by atoms with van der Waals surface area (Å²) < 4.78 is 0. The van der Waals surface area contributed by atoms with Crippen LogP contribution in [0.15, 0.2) is 35.5 Å². The predicted molar refractivity (Wildman–Crippen MR) is 55.3 cm³/mol. The third kappa shape index (κ3) is 3.27. The molecule has 0 aliphatic heterocycles. The third-order valence-electron chi connectivity index (χ3n) is 1.79. The quantitative estimate of drug-likeness (QED) is 0.500. The van der Waals surface area contributed by atoms with Crippen LogP contribution in [0.5, 0.6) is 0 Å². The molecule has 1 N–H and O–H groups in total. The number of carbonyl (C=O) groups is 1. The van der Waals surface area contributed by atoms with E-state index in [1.165, 1.54) is 6.08 Å². The van der Waals surface area contributed by atoms with Crippen LogP contribution in [0, 0.1) is 29.1 Å². The van der Waals surface area contributed by atoms with Gasteiger partial charge in [0.1, 0.15) is 12.9 Å². The maximum Gasteiger partial charge on any atom is 0.150 e. The number of aldehydes is 1. The molecule has 1 atom stereocenters. The van der Waals surface area contributed by atoms with Crippen LogP contribution in [0.2, 0.25) is 0 Å². The maximum absolute atomic E-state index is 10.6. The summed E-state index contributed by atoms with van der Waals surface area (Å²) in [6.45, 7) is -0.214. The minimum Gasteiger partial charge on any atom is -0.384 e. The third-order valence-corrected chi connectivity index (χ3v) is 1.79. The smallest absolute Gasteiger partial charge is 0.150 e. The Kier molecular flexibility index (Phi) is 4.09. The Bertz CT molecular complexity index is 438.